The van der Waals surface area contributed by atoms with Gasteiger partial charge in [0.1, 0.15) is 5.82 Å². The van der Waals surface area contributed by atoms with E-state index in [4.69, 9.17) is 0 Å². The van der Waals surface area contributed by atoms with Gasteiger partial charge in [-0.1, -0.05) is 30.3 Å². The van der Waals surface area contributed by atoms with E-state index in [2.05, 4.69) is 57.0 Å². The Labute approximate surface area is 164 Å². The number of benzene rings is 1. The fraction of sp³-hybridized carbons (Fsp3) is 0.364. The Hall–Kier alpha value is -2.40. The average molecular weight is 380 g/mol. The van der Waals surface area contributed by atoms with Crippen molar-refractivity contribution < 1.29 is 4.79 Å². The van der Waals surface area contributed by atoms with Gasteiger partial charge < -0.3 is 10.2 Å². The first-order chi connectivity index (χ1) is 13.3. The number of aryl methyl sites for hydroxylation is 1. The molecule has 4 nitrogen and oxygen atoms in total. The zero-order chi connectivity index (χ0) is 18.5. The first kappa shape index (κ1) is 18.0. The SMILES string of the molecule is O=C(NCCCc1ccccc1)C1CCN(c2nccc3sccc23)CC1. The van der Waals surface area contributed by atoms with E-state index in [0.717, 1.165) is 51.1 Å². The maximum atomic E-state index is 12.5. The number of pyridine rings is 1. The van der Waals surface area contributed by atoms with Crippen molar-refractivity contribution in [2.75, 3.05) is 24.5 Å². The summed E-state index contributed by atoms with van der Waals surface area (Å²) in [6.07, 6.45) is 5.67. The van der Waals surface area contributed by atoms with Crippen LogP contribution < -0.4 is 10.2 Å². The zero-order valence-corrected chi connectivity index (χ0v) is 16.3. The number of piperidine rings is 1. The third-order valence-corrected chi connectivity index (χ3v) is 6.19. The first-order valence-electron chi connectivity index (χ1n) is 9.70. The highest BCUT2D eigenvalue weighted by molar-refractivity contribution is 7.17. The summed E-state index contributed by atoms with van der Waals surface area (Å²) in [4.78, 5) is 19.4. The topological polar surface area (TPSA) is 45.2 Å². The van der Waals surface area contributed by atoms with Gasteiger partial charge in [0.15, 0.2) is 0 Å². The number of rotatable bonds is 6. The van der Waals surface area contributed by atoms with Crippen molar-refractivity contribution in [1.82, 2.24) is 10.3 Å². The second-order valence-corrected chi connectivity index (χ2v) is 8.06. The van der Waals surface area contributed by atoms with Crippen LogP contribution in [0.25, 0.3) is 10.1 Å². The van der Waals surface area contributed by atoms with Gasteiger partial charge in [0.2, 0.25) is 5.91 Å². The molecule has 0 saturated carbocycles. The highest BCUT2D eigenvalue weighted by Crippen LogP contribution is 2.31. The molecule has 5 heteroatoms. The second-order valence-electron chi connectivity index (χ2n) is 7.11. The lowest BCUT2D eigenvalue weighted by Gasteiger charge is -2.32. The molecular weight excluding hydrogens is 354 g/mol. The van der Waals surface area contributed by atoms with Crippen molar-refractivity contribution >= 4 is 33.1 Å². The number of carbonyl (C=O) groups excluding carboxylic acids is 1. The van der Waals surface area contributed by atoms with Crippen LogP contribution in [0.2, 0.25) is 0 Å². The molecule has 4 rings (SSSR count). The zero-order valence-electron chi connectivity index (χ0n) is 15.4. The van der Waals surface area contributed by atoms with Crippen molar-refractivity contribution in [3.05, 3.63) is 59.6 Å². The number of hydrogen-bond acceptors (Lipinski definition) is 4. The third kappa shape index (κ3) is 4.30. The van der Waals surface area contributed by atoms with Crippen LogP contribution in [0.3, 0.4) is 0 Å². The van der Waals surface area contributed by atoms with Crippen molar-refractivity contribution in [1.29, 1.82) is 0 Å². The van der Waals surface area contributed by atoms with E-state index in [-0.39, 0.29) is 11.8 Å². The molecule has 1 fully saturated rings. The quantitative estimate of drug-likeness (QED) is 0.651. The number of carbonyl (C=O) groups is 1. The van der Waals surface area contributed by atoms with E-state index >= 15 is 0 Å². The fourth-order valence-electron chi connectivity index (χ4n) is 3.78. The summed E-state index contributed by atoms with van der Waals surface area (Å²) in [7, 11) is 0. The lowest BCUT2D eigenvalue weighted by molar-refractivity contribution is -0.125. The standard InChI is InChI=1S/C22H25N3OS/c26-22(24-12-4-7-17-5-2-1-3-6-17)18-9-14-25(15-10-18)21-19-11-16-27-20(19)8-13-23-21/h1-3,5-6,8,11,13,16,18H,4,7,9-10,12,14-15H2,(H,24,26). The van der Waals surface area contributed by atoms with Gasteiger partial charge in [-0.3, -0.25) is 4.79 Å². The van der Waals surface area contributed by atoms with Crippen LogP contribution in [0.15, 0.2) is 54.0 Å². The van der Waals surface area contributed by atoms with E-state index < -0.39 is 0 Å². The minimum Gasteiger partial charge on any atom is -0.356 e. The molecule has 0 bridgehead atoms. The number of hydrogen-bond donors (Lipinski definition) is 1. The van der Waals surface area contributed by atoms with Crippen molar-refractivity contribution in [3.63, 3.8) is 0 Å². The van der Waals surface area contributed by atoms with Gasteiger partial charge in [-0.05, 0) is 48.8 Å². The molecule has 0 unspecified atom stereocenters. The lowest BCUT2D eigenvalue weighted by atomic mass is 9.95. The Morgan fingerprint density at radius 2 is 1.96 bits per heavy atom. The van der Waals surface area contributed by atoms with E-state index in [0.29, 0.717) is 0 Å². The number of nitrogens with one attached hydrogen (secondary N) is 1. The Balaban J connectivity index is 1.24. The highest BCUT2D eigenvalue weighted by atomic mass is 32.1. The summed E-state index contributed by atoms with van der Waals surface area (Å²) in [6, 6.07) is 14.7. The van der Waals surface area contributed by atoms with Crippen LogP contribution in [0.1, 0.15) is 24.8 Å². The molecule has 0 radical (unpaired) electrons. The molecule has 1 aliphatic rings. The van der Waals surface area contributed by atoms with Crippen LogP contribution in [-0.2, 0) is 11.2 Å². The summed E-state index contributed by atoms with van der Waals surface area (Å²) >= 11 is 1.75. The smallest absolute Gasteiger partial charge is 0.223 e. The van der Waals surface area contributed by atoms with Crippen LogP contribution in [0.5, 0.6) is 0 Å². The highest BCUT2D eigenvalue weighted by Gasteiger charge is 2.26. The number of amides is 1. The number of aromatic nitrogens is 1. The summed E-state index contributed by atoms with van der Waals surface area (Å²) in [6.45, 7) is 2.54. The summed E-state index contributed by atoms with van der Waals surface area (Å²) in [5, 5.41) is 6.48. The second kappa shape index (κ2) is 8.53. The van der Waals surface area contributed by atoms with Gasteiger partial charge in [0.25, 0.3) is 0 Å². The molecule has 3 heterocycles. The maximum absolute atomic E-state index is 12.5. The van der Waals surface area contributed by atoms with Gasteiger partial charge in [-0.15, -0.1) is 11.3 Å². The van der Waals surface area contributed by atoms with Gasteiger partial charge >= 0.3 is 0 Å². The minimum absolute atomic E-state index is 0.125. The lowest BCUT2D eigenvalue weighted by Crippen LogP contribution is -2.41. The van der Waals surface area contributed by atoms with Gasteiger partial charge in [0.05, 0.1) is 0 Å². The van der Waals surface area contributed by atoms with Crippen molar-refractivity contribution in [3.8, 4) is 0 Å². The fourth-order valence-corrected chi connectivity index (χ4v) is 4.55. The number of nitrogens with zero attached hydrogens (tertiary/aromatic N) is 2. The minimum atomic E-state index is 0.125. The molecule has 3 aromatic rings. The molecule has 2 aromatic heterocycles. The van der Waals surface area contributed by atoms with E-state index in [9.17, 15) is 4.79 Å². The normalized spacial score (nSPS) is 15.2. The van der Waals surface area contributed by atoms with E-state index in [1.165, 1.54) is 15.6 Å². The molecule has 0 atom stereocenters. The largest absolute Gasteiger partial charge is 0.356 e. The maximum Gasteiger partial charge on any atom is 0.223 e. The predicted molar refractivity (Wildman–Crippen MR) is 112 cm³/mol. The van der Waals surface area contributed by atoms with Crippen molar-refractivity contribution in [2.45, 2.75) is 25.7 Å². The van der Waals surface area contributed by atoms with Crippen LogP contribution in [0.4, 0.5) is 5.82 Å². The molecule has 1 N–H and O–H groups in total. The molecule has 1 aliphatic heterocycles. The van der Waals surface area contributed by atoms with Crippen LogP contribution >= 0.6 is 11.3 Å². The average Bonchev–Trinajstić information content (AvgIpc) is 3.21. The summed E-state index contributed by atoms with van der Waals surface area (Å²) in [5.74, 6) is 1.40. The molecule has 27 heavy (non-hydrogen) atoms. The molecule has 1 aromatic carbocycles. The van der Waals surface area contributed by atoms with E-state index in [1.54, 1.807) is 11.3 Å². The predicted octanol–water partition coefficient (Wildman–Crippen LogP) is 4.26. The van der Waals surface area contributed by atoms with Crippen LogP contribution in [-0.4, -0.2) is 30.5 Å². The Morgan fingerprint density at radius 1 is 1.15 bits per heavy atom. The van der Waals surface area contributed by atoms with Crippen molar-refractivity contribution in [2.24, 2.45) is 5.92 Å². The summed E-state index contributed by atoms with van der Waals surface area (Å²) in [5.41, 5.74) is 1.33. The summed E-state index contributed by atoms with van der Waals surface area (Å²) < 4.78 is 1.28. The Kier molecular flexibility index (Phi) is 5.68. The number of fused-ring (bicyclic) bond motifs is 1. The molecule has 1 amide bonds. The first-order valence-corrected chi connectivity index (χ1v) is 10.6. The van der Waals surface area contributed by atoms with E-state index in [1.807, 2.05) is 12.3 Å². The van der Waals surface area contributed by atoms with Gasteiger partial charge in [-0.25, -0.2) is 4.98 Å². The van der Waals surface area contributed by atoms with Gasteiger partial charge in [0, 0.05) is 41.8 Å². The molecule has 0 aliphatic carbocycles. The molecular formula is C22H25N3OS. The molecule has 140 valence electrons. The monoisotopic (exact) mass is 379 g/mol. The number of thiophene rings is 1. The Bertz CT molecular complexity index is 885. The third-order valence-electron chi connectivity index (χ3n) is 5.31. The Morgan fingerprint density at radius 3 is 2.78 bits per heavy atom. The van der Waals surface area contributed by atoms with Gasteiger partial charge in [-0.2, -0.15) is 0 Å². The number of anilines is 1. The van der Waals surface area contributed by atoms with Crippen LogP contribution in [0, 0.1) is 5.92 Å². The molecule has 0 spiro atoms. The molecule has 1 saturated heterocycles.